The van der Waals surface area contributed by atoms with Crippen molar-refractivity contribution in [2.75, 3.05) is 18.0 Å². The van der Waals surface area contributed by atoms with E-state index in [1.54, 1.807) is 4.57 Å². The van der Waals surface area contributed by atoms with Gasteiger partial charge in [-0.1, -0.05) is 17.7 Å². The van der Waals surface area contributed by atoms with E-state index in [2.05, 4.69) is 4.98 Å². The molecule has 2 heterocycles. The van der Waals surface area contributed by atoms with Gasteiger partial charge in [0.15, 0.2) is 5.69 Å². The summed E-state index contributed by atoms with van der Waals surface area (Å²) in [6.45, 7) is 3.45. The molecule has 2 aromatic rings. The number of aromatic nitrogens is 2. The first-order valence-electron chi connectivity index (χ1n) is 7.44. The van der Waals surface area contributed by atoms with Gasteiger partial charge in [0.1, 0.15) is 0 Å². The minimum absolute atomic E-state index is 0.385. The maximum atomic E-state index is 13.0. The Kier molecular flexibility index (Phi) is 3.85. The van der Waals surface area contributed by atoms with Crippen molar-refractivity contribution < 1.29 is 13.2 Å². The number of aryl methyl sites for hydroxylation is 1. The third kappa shape index (κ3) is 2.96. The molecule has 3 nitrogen and oxygen atoms in total. The largest absolute Gasteiger partial charge is 0.434 e. The molecule has 0 N–H and O–H groups in total. The maximum Gasteiger partial charge on any atom is 0.434 e. The van der Waals surface area contributed by atoms with Gasteiger partial charge in [-0.3, -0.25) is 4.57 Å². The topological polar surface area (TPSA) is 21.1 Å². The summed E-state index contributed by atoms with van der Waals surface area (Å²) in [5.41, 5.74) is 0.933. The molecule has 1 fully saturated rings. The van der Waals surface area contributed by atoms with Crippen molar-refractivity contribution in [3.63, 3.8) is 0 Å². The number of piperidine rings is 1. The summed E-state index contributed by atoms with van der Waals surface area (Å²) in [5.74, 6) is 0.385. The van der Waals surface area contributed by atoms with E-state index in [4.69, 9.17) is 0 Å². The van der Waals surface area contributed by atoms with Gasteiger partial charge in [-0.25, -0.2) is 4.98 Å². The predicted molar refractivity (Wildman–Crippen MR) is 79.4 cm³/mol. The molecule has 3 rings (SSSR count). The summed E-state index contributed by atoms with van der Waals surface area (Å²) >= 11 is 0. The Balaban J connectivity index is 2.05. The van der Waals surface area contributed by atoms with Gasteiger partial charge in [0.25, 0.3) is 0 Å². The molecule has 0 spiro atoms. The van der Waals surface area contributed by atoms with Crippen LogP contribution in [0.15, 0.2) is 30.5 Å². The Hall–Kier alpha value is -1.98. The minimum Gasteiger partial charge on any atom is -0.342 e. The monoisotopic (exact) mass is 309 g/mol. The second kappa shape index (κ2) is 5.66. The van der Waals surface area contributed by atoms with Crippen molar-refractivity contribution in [2.45, 2.75) is 32.4 Å². The molecule has 1 aromatic carbocycles. The van der Waals surface area contributed by atoms with Crippen LogP contribution in [0.3, 0.4) is 0 Å². The van der Waals surface area contributed by atoms with Crippen molar-refractivity contribution >= 4 is 5.95 Å². The van der Waals surface area contributed by atoms with Crippen LogP contribution in [0.5, 0.6) is 0 Å². The summed E-state index contributed by atoms with van der Waals surface area (Å²) < 4.78 is 40.7. The van der Waals surface area contributed by atoms with Crippen LogP contribution in [0.4, 0.5) is 19.1 Å². The Morgan fingerprint density at radius 2 is 1.64 bits per heavy atom. The molecular weight excluding hydrogens is 291 g/mol. The third-order valence-electron chi connectivity index (χ3n) is 3.93. The average molecular weight is 309 g/mol. The molecule has 1 saturated heterocycles. The van der Waals surface area contributed by atoms with E-state index in [1.807, 2.05) is 36.1 Å². The summed E-state index contributed by atoms with van der Waals surface area (Å²) in [6.07, 6.45) is -0.243. The van der Waals surface area contributed by atoms with Gasteiger partial charge in [0, 0.05) is 25.0 Å². The number of nitrogens with zero attached hydrogens (tertiary/aromatic N) is 3. The maximum absolute atomic E-state index is 13.0. The van der Waals surface area contributed by atoms with Crippen LogP contribution < -0.4 is 4.90 Å². The van der Waals surface area contributed by atoms with E-state index in [1.165, 1.54) is 0 Å². The van der Waals surface area contributed by atoms with Crippen LogP contribution >= 0.6 is 0 Å². The van der Waals surface area contributed by atoms with E-state index in [9.17, 15) is 13.2 Å². The van der Waals surface area contributed by atoms with Crippen molar-refractivity contribution in [1.82, 2.24) is 9.55 Å². The molecule has 0 aliphatic carbocycles. The molecule has 0 saturated carbocycles. The zero-order chi connectivity index (χ0) is 15.7. The smallest absolute Gasteiger partial charge is 0.342 e. The molecule has 0 atom stereocenters. The molecule has 0 unspecified atom stereocenters. The number of hydrogen-bond acceptors (Lipinski definition) is 2. The van der Waals surface area contributed by atoms with Gasteiger partial charge >= 0.3 is 6.18 Å². The highest BCUT2D eigenvalue weighted by Gasteiger charge is 2.36. The van der Waals surface area contributed by atoms with Crippen molar-refractivity contribution in [1.29, 1.82) is 0 Å². The van der Waals surface area contributed by atoms with Crippen LogP contribution in [0, 0.1) is 6.92 Å². The number of hydrogen-bond donors (Lipinski definition) is 0. The lowest BCUT2D eigenvalue weighted by atomic mass is 10.1. The first kappa shape index (κ1) is 14.9. The molecule has 22 heavy (non-hydrogen) atoms. The molecule has 1 aromatic heterocycles. The van der Waals surface area contributed by atoms with E-state index in [0.29, 0.717) is 11.6 Å². The lowest BCUT2D eigenvalue weighted by molar-refractivity contribution is -0.140. The van der Waals surface area contributed by atoms with Crippen LogP contribution in [0.25, 0.3) is 5.69 Å². The minimum atomic E-state index is -4.43. The number of benzene rings is 1. The highest BCUT2D eigenvalue weighted by Crippen LogP contribution is 2.32. The lowest BCUT2D eigenvalue weighted by Crippen LogP contribution is -2.31. The Morgan fingerprint density at radius 3 is 2.23 bits per heavy atom. The first-order valence-corrected chi connectivity index (χ1v) is 7.44. The van der Waals surface area contributed by atoms with Crippen LogP contribution in [-0.2, 0) is 6.18 Å². The fourth-order valence-corrected chi connectivity index (χ4v) is 2.72. The molecule has 6 heteroatoms. The summed E-state index contributed by atoms with van der Waals surface area (Å²) in [5, 5.41) is 0. The van der Waals surface area contributed by atoms with Crippen molar-refractivity contribution in [2.24, 2.45) is 0 Å². The first-order chi connectivity index (χ1) is 10.4. The summed E-state index contributed by atoms with van der Waals surface area (Å²) in [6, 6.07) is 7.43. The zero-order valence-electron chi connectivity index (χ0n) is 12.4. The van der Waals surface area contributed by atoms with E-state index in [-0.39, 0.29) is 0 Å². The second-order valence-corrected chi connectivity index (χ2v) is 5.68. The van der Waals surface area contributed by atoms with Gasteiger partial charge < -0.3 is 4.90 Å². The number of alkyl halides is 3. The highest BCUT2D eigenvalue weighted by atomic mass is 19.4. The normalized spacial score (nSPS) is 16.1. The molecule has 0 amide bonds. The number of rotatable bonds is 2. The Bertz CT molecular complexity index is 638. The quantitative estimate of drug-likeness (QED) is 0.829. The molecular formula is C16H18F3N3. The third-order valence-corrected chi connectivity index (χ3v) is 3.93. The highest BCUT2D eigenvalue weighted by molar-refractivity contribution is 5.46. The van der Waals surface area contributed by atoms with E-state index >= 15 is 0 Å². The zero-order valence-corrected chi connectivity index (χ0v) is 12.4. The molecule has 118 valence electrons. The molecule has 1 aliphatic rings. The van der Waals surface area contributed by atoms with Crippen LogP contribution in [-0.4, -0.2) is 22.6 Å². The fraction of sp³-hybridized carbons (Fsp3) is 0.438. The summed E-state index contributed by atoms with van der Waals surface area (Å²) in [7, 11) is 0. The Morgan fingerprint density at radius 1 is 1.00 bits per heavy atom. The summed E-state index contributed by atoms with van der Waals surface area (Å²) in [4.78, 5) is 5.81. The number of imidazole rings is 1. The van der Waals surface area contributed by atoms with Crippen molar-refractivity contribution in [3.05, 3.63) is 41.7 Å². The van der Waals surface area contributed by atoms with Gasteiger partial charge in [0.05, 0.1) is 0 Å². The molecule has 0 bridgehead atoms. The molecule has 1 aliphatic heterocycles. The van der Waals surface area contributed by atoms with Crippen molar-refractivity contribution in [3.8, 4) is 5.69 Å². The van der Waals surface area contributed by atoms with Crippen LogP contribution in [0.2, 0.25) is 0 Å². The van der Waals surface area contributed by atoms with Gasteiger partial charge in [0.2, 0.25) is 5.95 Å². The van der Waals surface area contributed by atoms with Crippen LogP contribution in [0.1, 0.15) is 30.5 Å². The number of anilines is 1. The van der Waals surface area contributed by atoms with E-state index < -0.39 is 11.9 Å². The fourth-order valence-electron chi connectivity index (χ4n) is 2.72. The predicted octanol–water partition coefficient (Wildman–Crippen LogP) is 4.19. The van der Waals surface area contributed by atoms with Gasteiger partial charge in [-0.15, -0.1) is 0 Å². The van der Waals surface area contributed by atoms with Gasteiger partial charge in [-0.2, -0.15) is 13.2 Å². The van der Waals surface area contributed by atoms with Gasteiger partial charge in [-0.05, 0) is 38.3 Å². The molecule has 0 radical (unpaired) electrons. The average Bonchev–Trinajstić information content (AvgIpc) is 2.94. The SMILES string of the molecule is Cc1ccc(-n2cc(C(F)(F)F)nc2N2CCCCC2)cc1. The lowest BCUT2D eigenvalue weighted by Gasteiger charge is -2.28. The second-order valence-electron chi connectivity index (χ2n) is 5.68. The van der Waals surface area contributed by atoms with E-state index in [0.717, 1.165) is 44.1 Å². The Labute approximate surface area is 127 Å². The standard InChI is InChI=1S/C16H18F3N3/c1-12-5-7-13(8-6-12)22-11-14(16(17,18)19)20-15(22)21-9-3-2-4-10-21/h5-8,11H,2-4,9-10H2,1H3. The number of halogens is 3.